The average molecular weight is 841 g/mol. The molecule has 10 rings (SSSR count). The van der Waals surface area contributed by atoms with Crippen molar-refractivity contribution in [3.05, 3.63) is 60.2 Å². The monoisotopic (exact) mass is 840 g/mol. The van der Waals surface area contributed by atoms with Crippen molar-refractivity contribution >= 4 is 17.9 Å². The molecule has 0 radical (unpaired) electrons. The average Bonchev–Trinajstić information content (AvgIpc) is 3.90. The van der Waals surface area contributed by atoms with Gasteiger partial charge in [-0.1, -0.05) is 64.3 Å². The molecule has 6 bridgehead atoms. The lowest BCUT2D eigenvalue weighted by atomic mass is 9.79. The van der Waals surface area contributed by atoms with E-state index in [1.165, 1.54) is 11.1 Å². The second kappa shape index (κ2) is 17.9. The molecule has 20 atom stereocenters. The zero-order valence-electron chi connectivity index (χ0n) is 34.7. The summed E-state index contributed by atoms with van der Waals surface area (Å²) in [6.07, 6.45) is 11.2. The van der Waals surface area contributed by atoms with Crippen LogP contribution in [0.15, 0.2) is 54.6 Å². The second-order valence-corrected chi connectivity index (χ2v) is 20.2. The molecule has 58 heavy (non-hydrogen) atoms. The van der Waals surface area contributed by atoms with Crippen LogP contribution in [-0.4, -0.2) is 104 Å². The molecular formula is C46H66O10P2. The van der Waals surface area contributed by atoms with Crippen LogP contribution in [0.3, 0.4) is 0 Å². The molecule has 9 fully saturated rings. The van der Waals surface area contributed by atoms with Crippen molar-refractivity contribution < 1.29 is 47.0 Å². The number of benzene rings is 1. The molecule has 0 spiro atoms. The molecule has 9 aliphatic rings. The third-order valence-electron chi connectivity index (χ3n) is 15.2. The zero-order valence-corrected chi connectivity index (χ0v) is 36.7. The van der Waals surface area contributed by atoms with Crippen LogP contribution < -0.4 is 0 Å². The molecule has 10 nitrogen and oxygen atoms in total. The summed E-state index contributed by atoms with van der Waals surface area (Å²) in [5.74, 6) is 0.272. The van der Waals surface area contributed by atoms with Crippen LogP contribution in [0, 0.1) is 17.8 Å². The van der Waals surface area contributed by atoms with Crippen LogP contribution in [-0.2, 0) is 53.4 Å². The Kier molecular flexibility index (Phi) is 13.0. The van der Waals surface area contributed by atoms with Crippen molar-refractivity contribution in [2.75, 3.05) is 6.61 Å². The fourth-order valence-corrected chi connectivity index (χ4v) is 12.7. The number of hydrogen-bond donors (Lipinski definition) is 0. The summed E-state index contributed by atoms with van der Waals surface area (Å²) in [6, 6.07) is 10.7. The van der Waals surface area contributed by atoms with Crippen LogP contribution in [0.5, 0.6) is 0 Å². The van der Waals surface area contributed by atoms with Crippen molar-refractivity contribution in [3.8, 4) is 0 Å². The summed E-state index contributed by atoms with van der Waals surface area (Å²) in [7, 11) is 2.38. The maximum absolute atomic E-state index is 12.0. The van der Waals surface area contributed by atoms with Gasteiger partial charge in [-0.05, 0) is 98.7 Å². The van der Waals surface area contributed by atoms with E-state index in [1.807, 2.05) is 0 Å². The van der Waals surface area contributed by atoms with Crippen LogP contribution in [0.2, 0.25) is 0 Å². The first-order chi connectivity index (χ1) is 28.1. The van der Waals surface area contributed by atoms with Crippen molar-refractivity contribution in [3.63, 3.8) is 0 Å². The van der Waals surface area contributed by atoms with Gasteiger partial charge in [0.25, 0.3) is 0 Å². The SMILES string of the molecule is C=C1C[C@H](CC[C@@]23CC4O[C@H]5[C@@H](O2)[C@H]2O[C@@H](CC)CC[C@@H]2O[C@H]5[C@H]4O3)OC1CC[C@H]1C[C@@H](C)C(=C)C(C[C@@H]2O[C@H](C[C@@H](COP)P=O)[C@H](C)[C@H]2Cc2ccccc2)O1. The van der Waals surface area contributed by atoms with E-state index < -0.39 is 5.79 Å². The third kappa shape index (κ3) is 8.50. The summed E-state index contributed by atoms with van der Waals surface area (Å²) in [4.78, 5) is 0. The Morgan fingerprint density at radius 2 is 1.62 bits per heavy atom. The van der Waals surface area contributed by atoms with Gasteiger partial charge < -0.3 is 42.4 Å². The number of fused-ring (bicyclic) bond motifs is 1. The highest BCUT2D eigenvalue weighted by molar-refractivity contribution is 7.24. The van der Waals surface area contributed by atoms with Gasteiger partial charge in [0.2, 0.25) is 0 Å². The van der Waals surface area contributed by atoms with Gasteiger partial charge in [0.15, 0.2) is 14.2 Å². The normalized spacial score (nSPS) is 46.2. The predicted octanol–water partition coefficient (Wildman–Crippen LogP) is 8.50. The number of hydrogen-bond acceptors (Lipinski definition) is 10. The quantitative estimate of drug-likeness (QED) is 0.119. The van der Waals surface area contributed by atoms with E-state index >= 15 is 0 Å². The van der Waals surface area contributed by atoms with Gasteiger partial charge in [-0.25, -0.2) is 0 Å². The summed E-state index contributed by atoms with van der Waals surface area (Å²) in [6.45, 7) is 16.2. The molecule has 320 valence electrons. The molecule has 0 saturated carbocycles. The van der Waals surface area contributed by atoms with E-state index in [1.54, 1.807) is 0 Å². The van der Waals surface area contributed by atoms with Crippen molar-refractivity contribution in [1.29, 1.82) is 0 Å². The molecule has 9 saturated heterocycles. The zero-order chi connectivity index (χ0) is 40.1. The summed E-state index contributed by atoms with van der Waals surface area (Å²) in [5, 5.41) is 0. The fraction of sp³-hybridized carbons (Fsp3) is 0.783. The van der Waals surface area contributed by atoms with Gasteiger partial charge in [-0.3, -0.25) is 4.57 Å². The highest BCUT2D eigenvalue weighted by atomic mass is 31.1. The van der Waals surface area contributed by atoms with Crippen molar-refractivity contribution in [1.82, 2.24) is 0 Å². The van der Waals surface area contributed by atoms with Crippen LogP contribution in [0.25, 0.3) is 0 Å². The molecule has 12 heteroatoms. The predicted molar refractivity (Wildman–Crippen MR) is 223 cm³/mol. The minimum atomic E-state index is -0.696. The first-order valence-corrected chi connectivity index (χ1v) is 23.8. The Morgan fingerprint density at radius 1 is 0.845 bits per heavy atom. The third-order valence-corrected chi connectivity index (χ3v) is 16.0. The molecule has 1 aromatic carbocycles. The number of ether oxygens (including phenoxy) is 8. The van der Waals surface area contributed by atoms with E-state index in [-0.39, 0.29) is 99.6 Å². The largest absolute Gasteiger partial charge is 0.374 e. The molecule has 4 unspecified atom stereocenters. The second-order valence-electron chi connectivity index (χ2n) is 18.9. The molecule has 0 aliphatic carbocycles. The first kappa shape index (κ1) is 42.2. The standard InChI is InChI=1S/C46H66O10P2/c1-6-30-12-15-36-41(51-30)45-44-43(53-36)42-40(54-44)23-46(55-42,56-45)17-16-32-19-26(3)35(49-32)14-13-31-18-25(2)27(4)38(50-31)22-39-34(20-29-10-8-7-9-11-29)28(5)37(52-39)21-33(58-47)24-48-57/h7-11,25,28,30-45H,3-4,6,12-24,57H2,1-2,5H3/t25-,28-,30+,31+,32+,33+,34-,35?,36+,37-,38?,39+,40?,41+,42+,43+,44-,45+,46+/m1/s1. The molecule has 9 aliphatic heterocycles. The van der Waals surface area contributed by atoms with Crippen molar-refractivity contribution in [2.45, 2.75) is 201 Å². The van der Waals surface area contributed by atoms with E-state index in [0.29, 0.717) is 30.8 Å². The van der Waals surface area contributed by atoms with Crippen LogP contribution >= 0.6 is 17.9 Å². The molecular weight excluding hydrogens is 774 g/mol. The van der Waals surface area contributed by atoms with E-state index in [2.05, 4.69) is 73.7 Å². The lowest BCUT2D eigenvalue weighted by Crippen LogP contribution is -2.61. The van der Waals surface area contributed by atoms with Gasteiger partial charge in [0, 0.05) is 28.7 Å². The Bertz CT molecular complexity index is 1620. The summed E-state index contributed by atoms with van der Waals surface area (Å²) in [5.41, 5.74) is 3.54. The molecule has 0 amide bonds. The molecule has 9 heterocycles. The van der Waals surface area contributed by atoms with E-state index in [4.69, 9.17) is 42.4 Å². The molecule has 0 aromatic heterocycles. The fourth-order valence-electron chi connectivity index (χ4n) is 11.9. The highest BCUT2D eigenvalue weighted by Gasteiger charge is 2.68. The van der Waals surface area contributed by atoms with Gasteiger partial charge in [-0.15, -0.1) is 0 Å². The Labute approximate surface area is 349 Å². The van der Waals surface area contributed by atoms with Gasteiger partial charge in [0.05, 0.1) is 67.2 Å². The maximum Gasteiger partial charge on any atom is 0.172 e. The van der Waals surface area contributed by atoms with E-state index in [9.17, 15) is 4.57 Å². The molecule has 0 N–H and O–H groups in total. The van der Waals surface area contributed by atoms with Crippen molar-refractivity contribution in [2.24, 2.45) is 17.8 Å². The summed E-state index contributed by atoms with van der Waals surface area (Å²) < 4.78 is 71.4. The molecule has 1 aromatic rings. The minimum Gasteiger partial charge on any atom is -0.374 e. The Hall–Kier alpha value is -1.13. The Balaban J connectivity index is 0.796. The lowest BCUT2D eigenvalue weighted by Gasteiger charge is -2.47. The lowest BCUT2D eigenvalue weighted by molar-refractivity contribution is -0.292. The number of rotatable bonds is 16. The van der Waals surface area contributed by atoms with Crippen LogP contribution in [0.4, 0.5) is 0 Å². The van der Waals surface area contributed by atoms with Gasteiger partial charge in [0.1, 0.15) is 30.5 Å². The minimum absolute atomic E-state index is 0.00274. The van der Waals surface area contributed by atoms with E-state index in [0.717, 1.165) is 82.6 Å². The topological polar surface area (TPSA) is 100 Å². The van der Waals surface area contributed by atoms with Gasteiger partial charge in [-0.2, -0.15) is 0 Å². The highest BCUT2D eigenvalue weighted by Crippen LogP contribution is 2.54. The first-order valence-electron chi connectivity index (χ1n) is 22.5. The Morgan fingerprint density at radius 3 is 2.41 bits per heavy atom. The summed E-state index contributed by atoms with van der Waals surface area (Å²) >= 11 is 0. The van der Waals surface area contributed by atoms with Crippen LogP contribution in [0.1, 0.15) is 103 Å². The smallest absolute Gasteiger partial charge is 0.172 e. The maximum atomic E-state index is 12.0. The van der Waals surface area contributed by atoms with Gasteiger partial charge >= 0.3 is 0 Å².